The predicted molar refractivity (Wildman–Crippen MR) is 53.5 cm³/mol. The molecule has 0 bridgehead atoms. The van der Waals surface area contributed by atoms with Gasteiger partial charge < -0.3 is 25.4 Å². The molecular formula is C9H18F3NO4. The third kappa shape index (κ3) is 7.50. The minimum absolute atomic E-state index is 0.0924. The van der Waals surface area contributed by atoms with Crippen LogP contribution in [0.2, 0.25) is 0 Å². The van der Waals surface area contributed by atoms with Gasteiger partial charge >= 0.3 is 6.18 Å². The van der Waals surface area contributed by atoms with Gasteiger partial charge in [0.1, 0.15) is 6.61 Å². The number of nitrogens with one attached hydrogen (secondary N) is 1. The average molecular weight is 261 g/mol. The Morgan fingerprint density at radius 2 is 1.53 bits per heavy atom. The fraction of sp³-hybridized carbons (Fsp3) is 1.00. The number of hydrogen-bond acceptors (Lipinski definition) is 5. The van der Waals surface area contributed by atoms with Gasteiger partial charge in [-0.3, -0.25) is 0 Å². The third-order valence-electron chi connectivity index (χ3n) is 2.14. The predicted octanol–water partition coefficient (Wildman–Crippen LogP) is -0.739. The van der Waals surface area contributed by atoms with Gasteiger partial charge in [-0.1, -0.05) is 0 Å². The molecule has 0 saturated carbocycles. The van der Waals surface area contributed by atoms with E-state index in [1.165, 1.54) is 0 Å². The zero-order valence-corrected chi connectivity index (χ0v) is 9.33. The van der Waals surface area contributed by atoms with E-state index in [1.807, 2.05) is 0 Å². The van der Waals surface area contributed by atoms with Crippen LogP contribution < -0.4 is 5.32 Å². The molecule has 4 N–H and O–H groups in total. The molecule has 104 valence electrons. The van der Waals surface area contributed by atoms with E-state index in [9.17, 15) is 13.2 Å². The highest BCUT2D eigenvalue weighted by Crippen LogP contribution is 2.14. The van der Waals surface area contributed by atoms with Crippen LogP contribution in [0.1, 0.15) is 6.42 Å². The van der Waals surface area contributed by atoms with Crippen molar-refractivity contribution in [1.82, 2.24) is 5.32 Å². The molecule has 0 radical (unpaired) electrons. The second-order valence-corrected chi connectivity index (χ2v) is 3.70. The minimum atomic E-state index is -4.33. The highest BCUT2D eigenvalue weighted by Gasteiger charge is 2.28. The molecule has 0 heterocycles. The molecule has 0 unspecified atom stereocenters. The molecule has 0 rings (SSSR count). The van der Waals surface area contributed by atoms with Crippen molar-refractivity contribution in [2.24, 2.45) is 0 Å². The largest absolute Gasteiger partial charge is 0.411 e. The molecule has 0 atom stereocenters. The quantitative estimate of drug-likeness (QED) is 0.411. The van der Waals surface area contributed by atoms with Crippen LogP contribution in [0.5, 0.6) is 0 Å². The first-order valence-corrected chi connectivity index (χ1v) is 5.11. The lowest BCUT2D eigenvalue weighted by atomic mass is 10.0. The number of aliphatic hydroxyl groups is 3. The molecule has 17 heavy (non-hydrogen) atoms. The van der Waals surface area contributed by atoms with E-state index < -0.39 is 38.1 Å². The Morgan fingerprint density at radius 3 is 1.94 bits per heavy atom. The van der Waals surface area contributed by atoms with E-state index in [0.29, 0.717) is 0 Å². The standard InChI is InChI=1S/C9H18F3NO4/c10-9(11,12)7-17-3-1-2-13-8(4-14,5-15)6-16/h13-16H,1-7H2. The average Bonchev–Trinajstić information content (AvgIpc) is 2.28. The van der Waals surface area contributed by atoms with Crippen LogP contribution in [0.4, 0.5) is 13.2 Å². The molecule has 0 aromatic carbocycles. The van der Waals surface area contributed by atoms with Gasteiger partial charge in [-0.05, 0) is 13.0 Å². The SMILES string of the molecule is OCC(CO)(CO)NCCCOCC(F)(F)F. The normalized spacial score (nSPS) is 13.1. The first-order valence-electron chi connectivity index (χ1n) is 5.11. The zero-order valence-electron chi connectivity index (χ0n) is 9.33. The van der Waals surface area contributed by atoms with Crippen LogP contribution in [0.3, 0.4) is 0 Å². The van der Waals surface area contributed by atoms with Crippen molar-refractivity contribution < 1.29 is 33.2 Å². The van der Waals surface area contributed by atoms with Gasteiger partial charge in [0.15, 0.2) is 0 Å². The number of alkyl halides is 3. The van der Waals surface area contributed by atoms with Gasteiger partial charge in [0, 0.05) is 6.61 Å². The van der Waals surface area contributed by atoms with Gasteiger partial charge in [-0.2, -0.15) is 13.2 Å². The summed E-state index contributed by atoms with van der Waals surface area (Å²) in [5.41, 5.74) is -1.20. The van der Waals surface area contributed by atoms with Gasteiger partial charge in [-0.25, -0.2) is 0 Å². The summed E-state index contributed by atoms with van der Waals surface area (Å²) in [5.74, 6) is 0. The maximum absolute atomic E-state index is 11.7. The van der Waals surface area contributed by atoms with Crippen molar-refractivity contribution in [3.63, 3.8) is 0 Å². The number of aliphatic hydroxyl groups excluding tert-OH is 3. The van der Waals surface area contributed by atoms with Crippen LogP contribution in [0.15, 0.2) is 0 Å². The summed E-state index contributed by atoms with van der Waals surface area (Å²) in [5, 5.41) is 29.4. The summed E-state index contributed by atoms with van der Waals surface area (Å²) in [6.07, 6.45) is -4.06. The molecule has 0 aromatic heterocycles. The molecule has 0 amide bonds. The fourth-order valence-corrected chi connectivity index (χ4v) is 1.03. The molecule has 0 spiro atoms. The minimum Gasteiger partial charge on any atom is -0.394 e. The number of rotatable bonds is 9. The lowest BCUT2D eigenvalue weighted by molar-refractivity contribution is -0.174. The maximum Gasteiger partial charge on any atom is 0.411 e. The molecule has 0 aliphatic rings. The van der Waals surface area contributed by atoms with Crippen LogP contribution in [0.25, 0.3) is 0 Å². The summed E-state index contributed by atoms with van der Waals surface area (Å²) >= 11 is 0. The van der Waals surface area contributed by atoms with Gasteiger partial charge in [0.25, 0.3) is 0 Å². The first kappa shape index (κ1) is 16.6. The van der Waals surface area contributed by atoms with E-state index in [1.54, 1.807) is 0 Å². The van der Waals surface area contributed by atoms with E-state index in [-0.39, 0.29) is 19.6 Å². The van der Waals surface area contributed by atoms with Crippen molar-refractivity contribution in [3.8, 4) is 0 Å². The molecule has 0 aromatic rings. The Balaban J connectivity index is 3.63. The summed E-state index contributed by atoms with van der Waals surface area (Å²) in [6.45, 7) is -2.57. The van der Waals surface area contributed by atoms with E-state index in [2.05, 4.69) is 10.1 Å². The highest BCUT2D eigenvalue weighted by atomic mass is 19.4. The van der Waals surface area contributed by atoms with E-state index in [0.717, 1.165) is 0 Å². The van der Waals surface area contributed by atoms with Crippen LogP contribution in [-0.2, 0) is 4.74 Å². The van der Waals surface area contributed by atoms with Gasteiger partial charge in [0.2, 0.25) is 0 Å². The van der Waals surface area contributed by atoms with Crippen molar-refractivity contribution in [3.05, 3.63) is 0 Å². The van der Waals surface area contributed by atoms with Crippen LogP contribution in [-0.4, -0.2) is 66.6 Å². The highest BCUT2D eigenvalue weighted by molar-refractivity contribution is 4.85. The number of halogens is 3. The summed E-state index contributed by atoms with van der Waals surface area (Å²) in [7, 11) is 0. The molecule has 8 heteroatoms. The second-order valence-electron chi connectivity index (χ2n) is 3.70. The van der Waals surface area contributed by atoms with Crippen LogP contribution >= 0.6 is 0 Å². The number of ether oxygens (including phenoxy) is 1. The smallest absolute Gasteiger partial charge is 0.394 e. The van der Waals surface area contributed by atoms with Crippen molar-refractivity contribution >= 4 is 0 Å². The summed E-state index contributed by atoms with van der Waals surface area (Å²) in [6, 6.07) is 0. The van der Waals surface area contributed by atoms with Gasteiger partial charge in [0.05, 0.1) is 25.4 Å². The molecular weight excluding hydrogens is 243 g/mol. The Bertz CT molecular complexity index is 189. The molecule has 0 saturated heterocycles. The Kier molecular flexibility index (Phi) is 7.64. The first-order chi connectivity index (χ1) is 7.89. The van der Waals surface area contributed by atoms with E-state index in [4.69, 9.17) is 15.3 Å². The summed E-state index contributed by atoms with van der Waals surface area (Å²) in [4.78, 5) is 0. The molecule has 0 fully saturated rings. The fourth-order valence-electron chi connectivity index (χ4n) is 1.03. The van der Waals surface area contributed by atoms with Gasteiger partial charge in [-0.15, -0.1) is 0 Å². The van der Waals surface area contributed by atoms with Crippen molar-refractivity contribution in [1.29, 1.82) is 0 Å². The lowest BCUT2D eigenvalue weighted by Crippen LogP contribution is -2.55. The zero-order chi connectivity index (χ0) is 13.4. The monoisotopic (exact) mass is 261 g/mol. The second kappa shape index (κ2) is 7.83. The Morgan fingerprint density at radius 1 is 1.00 bits per heavy atom. The third-order valence-corrected chi connectivity index (χ3v) is 2.14. The lowest BCUT2D eigenvalue weighted by Gasteiger charge is -2.28. The maximum atomic E-state index is 11.7. The van der Waals surface area contributed by atoms with Crippen LogP contribution in [0, 0.1) is 0 Å². The Labute approximate surface area is 97.2 Å². The summed E-state index contributed by atoms with van der Waals surface area (Å²) < 4.78 is 39.4. The molecule has 0 aliphatic carbocycles. The Hall–Kier alpha value is -0.410. The van der Waals surface area contributed by atoms with E-state index >= 15 is 0 Å². The molecule has 5 nitrogen and oxygen atoms in total. The number of hydrogen-bond donors (Lipinski definition) is 4. The van der Waals surface area contributed by atoms with Crippen molar-refractivity contribution in [2.75, 3.05) is 39.6 Å². The molecule has 0 aliphatic heterocycles. The van der Waals surface area contributed by atoms with Crippen molar-refractivity contribution in [2.45, 2.75) is 18.1 Å². The topological polar surface area (TPSA) is 82.0 Å².